The molecular weight excluding hydrogens is 303 g/mol. The van der Waals surface area contributed by atoms with Gasteiger partial charge in [-0.3, -0.25) is 4.79 Å². The number of carbonyl (C=O) groups excluding carboxylic acids is 2. The zero-order valence-electron chi connectivity index (χ0n) is 12.2. The number of aliphatic hydroxyl groups is 1. The van der Waals surface area contributed by atoms with Crippen LogP contribution in [0.3, 0.4) is 0 Å². The molecule has 0 saturated heterocycles. The van der Waals surface area contributed by atoms with E-state index >= 15 is 0 Å². The zero-order chi connectivity index (χ0) is 17.3. The van der Waals surface area contributed by atoms with Gasteiger partial charge in [0.25, 0.3) is 0 Å². The Bertz CT molecular complexity index is 594. The van der Waals surface area contributed by atoms with Crippen LogP contribution in [0.15, 0.2) is 18.2 Å². The molecule has 1 atom stereocenters. The summed E-state index contributed by atoms with van der Waals surface area (Å²) >= 11 is 0. The van der Waals surface area contributed by atoms with Crippen molar-refractivity contribution in [2.24, 2.45) is 11.7 Å². The average molecular weight is 319 g/mol. The van der Waals surface area contributed by atoms with Gasteiger partial charge in [-0.2, -0.15) is 13.2 Å². The summed E-state index contributed by atoms with van der Waals surface area (Å²) in [5, 5.41) is 9.67. The Labute approximate surface area is 124 Å². The van der Waals surface area contributed by atoms with E-state index in [4.69, 9.17) is 5.73 Å². The molecule has 1 rings (SSSR count). The fourth-order valence-corrected chi connectivity index (χ4v) is 1.70. The molecule has 0 saturated carbocycles. The van der Waals surface area contributed by atoms with Crippen molar-refractivity contribution in [3.05, 3.63) is 29.3 Å². The summed E-state index contributed by atoms with van der Waals surface area (Å²) < 4.78 is 43.3. The number of primary amides is 1. The first-order valence-corrected chi connectivity index (χ1v) is 6.33. The quantitative estimate of drug-likeness (QED) is 0.835. The van der Waals surface area contributed by atoms with E-state index in [0.29, 0.717) is 6.92 Å². The summed E-state index contributed by atoms with van der Waals surface area (Å²) in [7, 11) is 0. The number of alkyl halides is 3. The molecule has 22 heavy (non-hydrogen) atoms. The van der Waals surface area contributed by atoms with Gasteiger partial charge in [0.15, 0.2) is 11.4 Å². The number of carbonyl (C=O) groups is 2. The number of rotatable bonds is 4. The van der Waals surface area contributed by atoms with Crippen molar-refractivity contribution in [3.8, 4) is 5.75 Å². The topological polar surface area (TPSA) is 89.6 Å². The van der Waals surface area contributed by atoms with E-state index in [1.54, 1.807) is 0 Å². The van der Waals surface area contributed by atoms with Crippen LogP contribution in [0.25, 0.3) is 0 Å². The number of amides is 1. The van der Waals surface area contributed by atoms with E-state index in [0.717, 1.165) is 18.2 Å². The lowest BCUT2D eigenvalue weighted by Crippen LogP contribution is -2.39. The molecule has 0 aliphatic carbocycles. The van der Waals surface area contributed by atoms with Crippen molar-refractivity contribution >= 4 is 11.9 Å². The van der Waals surface area contributed by atoms with Crippen LogP contribution in [0.5, 0.6) is 5.75 Å². The Hall–Kier alpha value is -2.09. The Balaban J connectivity index is 3.46. The highest BCUT2D eigenvalue weighted by Gasteiger charge is 2.51. The van der Waals surface area contributed by atoms with Crippen molar-refractivity contribution in [1.29, 1.82) is 0 Å². The fourth-order valence-electron chi connectivity index (χ4n) is 1.70. The minimum absolute atomic E-state index is 0.254. The van der Waals surface area contributed by atoms with Crippen molar-refractivity contribution in [3.63, 3.8) is 0 Å². The van der Waals surface area contributed by atoms with Gasteiger partial charge in [0.2, 0.25) is 0 Å². The van der Waals surface area contributed by atoms with Crippen LogP contribution in [0.1, 0.15) is 36.7 Å². The summed E-state index contributed by atoms with van der Waals surface area (Å²) in [6.07, 6.45) is -6.13. The van der Waals surface area contributed by atoms with Crippen LogP contribution in [-0.2, 0) is 5.60 Å². The van der Waals surface area contributed by atoms with Gasteiger partial charge in [-0.25, -0.2) is 4.79 Å². The van der Waals surface area contributed by atoms with Gasteiger partial charge in [0.1, 0.15) is 5.75 Å². The molecule has 1 aromatic carbocycles. The summed E-state index contributed by atoms with van der Waals surface area (Å²) in [5.74, 6) is -1.36. The van der Waals surface area contributed by atoms with Crippen LogP contribution in [0.4, 0.5) is 18.0 Å². The number of nitrogens with two attached hydrogens (primary N) is 1. The SMILES string of the molecule is CC(C)C(=O)c1cc([C@](C)(O)C(F)(F)F)ccc1OC(N)=O. The molecule has 0 unspecified atom stereocenters. The Morgan fingerprint density at radius 1 is 1.27 bits per heavy atom. The molecule has 0 aromatic heterocycles. The molecular formula is C14H16F3NO4. The van der Waals surface area contributed by atoms with E-state index < -0.39 is 35.1 Å². The molecule has 0 fully saturated rings. The molecule has 0 aliphatic heterocycles. The normalized spacial score (nSPS) is 14.5. The lowest BCUT2D eigenvalue weighted by atomic mass is 9.90. The largest absolute Gasteiger partial charge is 0.421 e. The first-order valence-electron chi connectivity index (χ1n) is 6.33. The Morgan fingerprint density at radius 2 is 1.82 bits per heavy atom. The highest BCUT2D eigenvalue weighted by atomic mass is 19.4. The van der Waals surface area contributed by atoms with Crippen LogP contribution in [0.2, 0.25) is 0 Å². The van der Waals surface area contributed by atoms with E-state index in [9.17, 15) is 27.9 Å². The first-order chi connectivity index (χ1) is 9.87. The number of ether oxygens (including phenoxy) is 1. The third kappa shape index (κ3) is 3.56. The molecule has 0 bridgehead atoms. The van der Waals surface area contributed by atoms with Crippen molar-refractivity contribution in [1.82, 2.24) is 0 Å². The van der Waals surface area contributed by atoms with E-state index in [2.05, 4.69) is 4.74 Å². The summed E-state index contributed by atoms with van der Waals surface area (Å²) in [4.78, 5) is 22.9. The third-order valence-electron chi connectivity index (χ3n) is 3.09. The second-order valence-electron chi connectivity index (χ2n) is 5.22. The van der Waals surface area contributed by atoms with Crippen LogP contribution < -0.4 is 10.5 Å². The van der Waals surface area contributed by atoms with Crippen molar-refractivity contribution < 1.29 is 32.6 Å². The van der Waals surface area contributed by atoms with Gasteiger partial charge in [-0.15, -0.1) is 0 Å². The fraction of sp³-hybridized carbons (Fsp3) is 0.429. The highest BCUT2D eigenvalue weighted by Crippen LogP contribution is 2.40. The molecule has 122 valence electrons. The summed E-state index contributed by atoms with van der Waals surface area (Å²) in [6.45, 7) is 3.64. The van der Waals surface area contributed by atoms with Gasteiger partial charge in [-0.05, 0) is 24.6 Å². The molecule has 0 aliphatic rings. The molecule has 5 nitrogen and oxygen atoms in total. The van der Waals surface area contributed by atoms with Gasteiger partial charge in [0.05, 0.1) is 5.56 Å². The summed E-state index contributed by atoms with van der Waals surface area (Å²) in [5.41, 5.74) is 0.918. The number of Topliss-reactive ketones (excluding diaryl/α,β-unsaturated/α-hetero) is 1. The molecule has 8 heteroatoms. The standard InChI is InChI=1S/C14H16F3NO4/c1-7(2)11(19)9-6-8(13(3,21)14(15,16)17)4-5-10(9)22-12(18)20/h4-7,21H,1-3H3,(H2,18,20)/t13-/m0/s1. The van der Waals surface area contributed by atoms with Crippen LogP contribution in [-0.4, -0.2) is 23.2 Å². The Morgan fingerprint density at radius 3 is 2.23 bits per heavy atom. The minimum Gasteiger partial charge on any atom is -0.410 e. The monoisotopic (exact) mass is 319 g/mol. The molecule has 0 radical (unpaired) electrons. The number of benzene rings is 1. The molecule has 0 spiro atoms. The maximum absolute atomic E-state index is 12.9. The third-order valence-corrected chi connectivity index (χ3v) is 3.09. The molecule has 0 heterocycles. The maximum atomic E-state index is 12.9. The predicted molar refractivity (Wildman–Crippen MR) is 71.4 cm³/mol. The average Bonchev–Trinajstić information content (AvgIpc) is 2.35. The van der Waals surface area contributed by atoms with Crippen LogP contribution in [0, 0.1) is 5.92 Å². The van der Waals surface area contributed by atoms with Crippen molar-refractivity contribution in [2.45, 2.75) is 32.5 Å². The van der Waals surface area contributed by atoms with Gasteiger partial charge in [-0.1, -0.05) is 19.9 Å². The lowest BCUT2D eigenvalue weighted by molar-refractivity contribution is -0.258. The van der Waals surface area contributed by atoms with E-state index in [-0.39, 0.29) is 11.3 Å². The van der Waals surface area contributed by atoms with Gasteiger partial charge < -0.3 is 15.6 Å². The summed E-state index contributed by atoms with van der Waals surface area (Å²) in [6, 6.07) is 2.77. The molecule has 3 N–H and O–H groups in total. The number of hydrogen-bond donors (Lipinski definition) is 2. The Kier molecular flexibility index (Phi) is 4.86. The number of hydrogen-bond acceptors (Lipinski definition) is 4. The molecule has 1 aromatic rings. The number of halogens is 3. The second kappa shape index (κ2) is 5.96. The maximum Gasteiger partial charge on any atom is 0.421 e. The smallest absolute Gasteiger partial charge is 0.410 e. The predicted octanol–water partition coefficient (Wildman–Crippen LogP) is 2.75. The number of ketones is 1. The highest BCUT2D eigenvalue weighted by molar-refractivity contribution is 6.00. The van der Waals surface area contributed by atoms with Gasteiger partial charge in [0, 0.05) is 5.92 Å². The second-order valence-corrected chi connectivity index (χ2v) is 5.22. The first kappa shape index (κ1) is 18.0. The van der Waals surface area contributed by atoms with E-state index in [1.807, 2.05) is 0 Å². The minimum atomic E-state index is -4.93. The van der Waals surface area contributed by atoms with Gasteiger partial charge >= 0.3 is 12.3 Å². The zero-order valence-corrected chi connectivity index (χ0v) is 12.2. The molecule has 1 amide bonds. The van der Waals surface area contributed by atoms with Crippen molar-refractivity contribution in [2.75, 3.05) is 0 Å². The lowest BCUT2D eigenvalue weighted by Gasteiger charge is -2.27. The van der Waals surface area contributed by atoms with Crippen LogP contribution >= 0.6 is 0 Å². The van der Waals surface area contributed by atoms with E-state index in [1.165, 1.54) is 13.8 Å².